The van der Waals surface area contributed by atoms with Crippen molar-refractivity contribution in [2.24, 2.45) is 0 Å². The zero-order valence-corrected chi connectivity index (χ0v) is 16.6. The van der Waals surface area contributed by atoms with E-state index >= 15 is 0 Å². The van der Waals surface area contributed by atoms with Crippen LogP contribution in [0.4, 0.5) is 0 Å². The summed E-state index contributed by atoms with van der Waals surface area (Å²) in [5, 5.41) is 13.8. The van der Waals surface area contributed by atoms with Gasteiger partial charge in [-0.25, -0.2) is 19.4 Å². The zero-order valence-electron chi connectivity index (χ0n) is 16.6. The number of aromatic carboxylic acids is 1. The smallest absolute Gasteiger partial charge is 0.355 e. The zero-order chi connectivity index (χ0) is 20.8. The fraction of sp³-hybridized carbons (Fsp3) is 0.318. The highest BCUT2D eigenvalue weighted by molar-refractivity contribution is 5.94. The Bertz CT molecular complexity index is 1010. The molecule has 0 fully saturated rings. The number of carboxylic acid groups (broad SMARTS) is 1. The minimum absolute atomic E-state index is 0.0286. The first-order valence-corrected chi connectivity index (χ1v) is 9.78. The summed E-state index contributed by atoms with van der Waals surface area (Å²) >= 11 is 0. The molecule has 1 aromatic carbocycles. The molecule has 29 heavy (non-hydrogen) atoms. The molecular formula is C22H24N4O3. The number of ketones is 1. The summed E-state index contributed by atoms with van der Waals surface area (Å²) in [6.45, 7) is 4.53. The molecule has 150 valence electrons. The molecule has 0 radical (unpaired) electrons. The number of rotatable bonds is 9. The van der Waals surface area contributed by atoms with Crippen LogP contribution >= 0.6 is 0 Å². The first-order valence-electron chi connectivity index (χ1n) is 9.78. The lowest BCUT2D eigenvalue weighted by molar-refractivity contribution is 0.0691. The molecule has 7 nitrogen and oxygen atoms in total. The second-order valence-electron chi connectivity index (χ2n) is 6.83. The number of carbonyl (C=O) groups excluding carboxylic acids is 1. The van der Waals surface area contributed by atoms with Crippen LogP contribution in [0.1, 0.15) is 65.6 Å². The fourth-order valence-corrected chi connectivity index (χ4v) is 3.14. The van der Waals surface area contributed by atoms with Gasteiger partial charge in [0.15, 0.2) is 5.69 Å². The first-order chi connectivity index (χ1) is 14.0. The van der Waals surface area contributed by atoms with Crippen LogP contribution in [0.2, 0.25) is 0 Å². The number of Topliss-reactive ketones (excluding diaryl/α,β-unsaturated/α-hetero) is 1. The lowest BCUT2D eigenvalue weighted by atomic mass is 10.0. The van der Waals surface area contributed by atoms with Crippen LogP contribution in [-0.4, -0.2) is 36.6 Å². The number of aryl methyl sites for hydroxylation is 1. The summed E-state index contributed by atoms with van der Waals surface area (Å²) in [6.07, 6.45) is 4.35. The average Bonchev–Trinajstić information content (AvgIpc) is 3.12. The molecule has 0 saturated carbocycles. The van der Waals surface area contributed by atoms with Crippen LogP contribution in [0.5, 0.6) is 0 Å². The lowest BCUT2D eigenvalue weighted by Gasteiger charge is -2.08. The van der Waals surface area contributed by atoms with Crippen LogP contribution in [0.15, 0.2) is 42.6 Å². The second kappa shape index (κ2) is 9.23. The maximum atomic E-state index is 12.2. The second-order valence-corrected chi connectivity index (χ2v) is 6.83. The van der Waals surface area contributed by atoms with Gasteiger partial charge in [-0.05, 0) is 30.0 Å². The number of nitrogens with zero attached hydrogens (tertiary/aromatic N) is 4. The van der Waals surface area contributed by atoms with E-state index in [1.807, 2.05) is 31.2 Å². The van der Waals surface area contributed by atoms with Crippen LogP contribution in [0, 0.1) is 0 Å². The Morgan fingerprint density at radius 2 is 1.83 bits per heavy atom. The number of hydrogen-bond donors (Lipinski definition) is 1. The van der Waals surface area contributed by atoms with Gasteiger partial charge in [0.1, 0.15) is 5.82 Å². The predicted molar refractivity (Wildman–Crippen MR) is 109 cm³/mol. The molecule has 0 aliphatic rings. The van der Waals surface area contributed by atoms with E-state index in [4.69, 9.17) is 0 Å². The van der Waals surface area contributed by atoms with E-state index in [9.17, 15) is 14.7 Å². The molecule has 0 aliphatic carbocycles. The molecule has 3 rings (SSSR count). The largest absolute Gasteiger partial charge is 0.476 e. The highest BCUT2D eigenvalue weighted by atomic mass is 16.4. The SMILES string of the molecule is CCCC(=O)c1nc(CCC)n(Cc2ccc(-c3cccnc3C(=O)O)cc2)n1. The highest BCUT2D eigenvalue weighted by Crippen LogP contribution is 2.23. The molecule has 0 atom stereocenters. The average molecular weight is 392 g/mol. The third-order valence-electron chi connectivity index (χ3n) is 4.56. The Morgan fingerprint density at radius 1 is 1.07 bits per heavy atom. The topological polar surface area (TPSA) is 98.0 Å². The first kappa shape index (κ1) is 20.4. The van der Waals surface area contributed by atoms with Crippen molar-refractivity contribution < 1.29 is 14.7 Å². The van der Waals surface area contributed by atoms with Gasteiger partial charge in [0, 0.05) is 24.6 Å². The van der Waals surface area contributed by atoms with Crippen molar-refractivity contribution >= 4 is 11.8 Å². The van der Waals surface area contributed by atoms with Crippen LogP contribution in [0.25, 0.3) is 11.1 Å². The van der Waals surface area contributed by atoms with Crippen molar-refractivity contribution in [3.05, 3.63) is 65.5 Å². The molecule has 1 N–H and O–H groups in total. The highest BCUT2D eigenvalue weighted by Gasteiger charge is 2.16. The van der Waals surface area contributed by atoms with E-state index in [-0.39, 0.29) is 17.3 Å². The number of pyridine rings is 1. The molecule has 0 spiro atoms. The van der Waals surface area contributed by atoms with Crippen LogP contribution in [0.3, 0.4) is 0 Å². The van der Waals surface area contributed by atoms with E-state index in [1.54, 1.807) is 16.8 Å². The fourth-order valence-electron chi connectivity index (χ4n) is 3.14. The minimum Gasteiger partial charge on any atom is -0.476 e. The van der Waals surface area contributed by atoms with Crippen LogP contribution in [-0.2, 0) is 13.0 Å². The molecule has 0 amide bonds. The molecule has 0 aliphatic heterocycles. The van der Waals surface area contributed by atoms with Gasteiger partial charge >= 0.3 is 5.97 Å². The molecule has 3 aromatic rings. The summed E-state index contributed by atoms with van der Waals surface area (Å²) in [6, 6.07) is 11.1. The molecule has 2 heterocycles. The van der Waals surface area contributed by atoms with E-state index < -0.39 is 5.97 Å². The number of aromatic nitrogens is 4. The van der Waals surface area contributed by atoms with Gasteiger partial charge in [0.2, 0.25) is 11.6 Å². The van der Waals surface area contributed by atoms with Crippen molar-refractivity contribution in [1.29, 1.82) is 0 Å². The molecule has 0 bridgehead atoms. The third kappa shape index (κ3) is 4.74. The van der Waals surface area contributed by atoms with E-state index in [0.717, 1.165) is 36.2 Å². The number of carbonyl (C=O) groups is 2. The summed E-state index contributed by atoms with van der Waals surface area (Å²) in [4.78, 5) is 32.0. The number of hydrogen-bond acceptors (Lipinski definition) is 5. The normalized spacial score (nSPS) is 10.8. The summed E-state index contributed by atoms with van der Waals surface area (Å²) in [5.74, 6) is 0.00216. The summed E-state index contributed by atoms with van der Waals surface area (Å²) in [7, 11) is 0. The Hall–Kier alpha value is -3.35. The van der Waals surface area contributed by atoms with Crippen molar-refractivity contribution in [1.82, 2.24) is 19.7 Å². The summed E-state index contributed by atoms with van der Waals surface area (Å²) < 4.78 is 1.79. The van der Waals surface area contributed by atoms with E-state index in [2.05, 4.69) is 22.0 Å². The number of carboxylic acids is 1. The Kier molecular flexibility index (Phi) is 6.49. The standard InChI is InChI=1S/C22H24N4O3/c1-3-6-18(27)21-24-19(7-4-2)26(25-21)14-15-9-11-16(12-10-15)17-8-5-13-23-20(17)22(28)29/h5,8-13H,3-4,6-7,14H2,1-2H3,(H,28,29). The number of benzene rings is 1. The third-order valence-corrected chi connectivity index (χ3v) is 4.56. The quantitative estimate of drug-likeness (QED) is 0.552. The van der Waals surface area contributed by atoms with Gasteiger partial charge in [-0.1, -0.05) is 44.2 Å². The van der Waals surface area contributed by atoms with Gasteiger partial charge in [0.05, 0.1) is 6.54 Å². The summed E-state index contributed by atoms with van der Waals surface area (Å²) in [5.41, 5.74) is 2.38. The maximum absolute atomic E-state index is 12.2. The van der Waals surface area contributed by atoms with Crippen molar-refractivity contribution in [2.45, 2.75) is 46.1 Å². The lowest BCUT2D eigenvalue weighted by Crippen LogP contribution is -2.08. The predicted octanol–water partition coefficient (Wildman–Crippen LogP) is 4.02. The van der Waals surface area contributed by atoms with E-state index in [0.29, 0.717) is 18.5 Å². The van der Waals surface area contributed by atoms with Gasteiger partial charge in [-0.15, -0.1) is 5.10 Å². The van der Waals surface area contributed by atoms with Gasteiger partial charge in [-0.2, -0.15) is 0 Å². The van der Waals surface area contributed by atoms with Gasteiger partial charge in [-0.3, -0.25) is 4.79 Å². The van der Waals surface area contributed by atoms with Crippen molar-refractivity contribution in [3.8, 4) is 11.1 Å². The minimum atomic E-state index is -1.05. The molecule has 2 aromatic heterocycles. The van der Waals surface area contributed by atoms with Gasteiger partial charge < -0.3 is 5.11 Å². The maximum Gasteiger partial charge on any atom is 0.355 e. The Morgan fingerprint density at radius 3 is 2.48 bits per heavy atom. The molecule has 0 unspecified atom stereocenters. The molecular weight excluding hydrogens is 368 g/mol. The van der Waals surface area contributed by atoms with Crippen LogP contribution < -0.4 is 0 Å². The Balaban J connectivity index is 1.85. The van der Waals surface area contributed by atoms with Gasteiger partial charge in [0.25, 0.3) is 0 Å². The van der Waals surface area contributed by atoms with Crippen molar-refractivity contribution in [3.63, 3.8) is 0 Å². The molecule has 0 saturated heterocycles. The van der Waals surface area contributed by atoms with Crippen molar-refractivity contribution in [2.75, 3.05) is 0 Å². The monoisotopic (exact) mass is 392 g/mol. The molecule has 7 heteroatoms. The Labute approximate surface area is 169 Å². The van der Waals surface area contributed by atoms with E-state index in [1.165, 1.54) is 6.20 Å².